The van der Waals surface area contributed by atoms with Crippen LogP contribution in [0, 0.1) is 0 Å². The summed E-state index contributed by atoms with van der Waals surface area (Å²) in [5.41, 5.74) is 11.2. The summed E-state index contributed by atoms with van der Waals surface area (Å²) < 4.78 is 0. The fourth-order valence-corrected chi connectivity index (χ4v) is 3.78. The molecule has 2 atom stereocenters. The molecule has 0 radical (unpaired) electrons. The molecule has 0 saturated carbocycles. The van der Waals surface area contributed by atoms with Gasteiger partial charge in [-0.3, -0.25) is 11.7 Å². The van der Waals surface area contributed by atoms with Gasteiger partial charge < -0.3 is 33.0 Å². The summed E-state index contributed by atoms with van der Waals surface area (Å²) in [7, 11) is 0. The van der Waals surface area contributed by atoms with Gasteiger partial charge in [0.2, 0.25) is 0 Å². The van der Waals surface area contributed by atoms with Crippen molar-refractivity contribution in [3.8, 4) is 0 Å². The minimum absolute atomic E-state index is 0.516. The summed E-state index contributed by atoms with van der Waals surface area (Å²) in [5.74, 6) is 22.8. The van der Waals surface area contributed by atoms with Gasteiger partial charge in [-0.2, -0.15) is 0 Å². The molecule has 0 aliphatic rings. The van der Waals surface area contributed by atoms with Gasteiger partial charge in [0.25, 0.3) is 0 Å². The Balaban J connectivity index is 1.74. The van der Waals surface area contributed by atoms with E-state index in [2.05, 4.69) is 49.2 Å². The van der Waals surface area contributed by atoms with Crippen LogP contribution < -0.4 is 33.6 Å². The van der Waals surface area contributed by atoms with Crippen LogP contribution >= 0.6 is 0 Å². The van der Waals surface area contributed by atoms with Gasteiger partial charge in [0.15, 0.2) is 0 Å². The van der Waals surface area contributed by atoms with Gasteiger partial charge in [0, 0.05) is 11.4 Å². The normalized spacial score (nSPS) is 13.1. The Morgan fingerprint density at radius 1 is 0.733 bits per heavy atom. The molecule has 8 nitrogen and oxygen atoms in total. The number of hydrogen-bond acceptors (Lipinski definition) is 6. The Morgan fingerprint density at radius 3 is 1.67 bits per heavy atom. The van der Waals surface area contributed by atoms with Crippen LogP contribution in [-0.4, -0.2) is 0 Å². The molecular formula is C22H36N8-2. The summed E-state index contributed by atoms with van der Waals surface area (Å²) in [6.45, 7) is 4.52. The van der Waals surface area contributed by atoms with Crippen LogP contribution in [-0.2, 0) is 0 Å². The molecule has 8 heteroatoms. The molecule has 0 aliphatic carbocycles. The average molecular weight is 413 g/mol. The van der Waals surface area contributed by atoms with Crippen LogP contribution in [0.4, 0.5) is 11.4 Å². The Morgan fingerprint density at radius 2 is 1.20 bits per heavy atom. The summed E-state index contributed by atoms with van der Waals surface area (Å²) in [4.78, 5) is 0. The lowest BCUT2D eigenvalue weighted by atomic mass is 9.89. The van der Waals surface area contributed by atoms with Crippen LogP contribution in [0.5, 0.6) is 0 Å². The Kier molecular flexibility index (Phi) is 10.0. The number of rotatable bonds is 13. The molecule has 0 fully saturated rings. The van der Waals surface area contributed by atoms with Crippen molar-refractivity contribution in [2.75, 3.05) is 10.2 Å². The molecule has 8 N–H and O–H groups in total. The van der Waals surface area contributed by atoms with Crippen molar-refractivity contribution in [3.63, 3.8) is 0 Å². The van der Waals surface area contributed by atoms with E-state index in [0.717, 1.165) is 17.8 Å². The van der Waals surface area contributed by atoms with Crippen molar-refractivity contribution in [3.05, 3.63) is 70.7 Å². The first kappa shape index (κ1) is 24.1. The van der Waals surface area contributed by atoms with E-state index < -0.39 is 0 Å². The maximum atomic E-state index is 5.68. The quantitative estimate of drug-likeness (QED) is 0.215. The molecule has 2 rings (SSSR count). The highest BCUT2D eigenvalue weighted by Gasteiger charge is 2.10. The highest BCUT2D eigenvalue weighted by molar-refractivity contribution is 5.49. The molecule has 0 amide bonds. The third-order valence-electron chi connectivity index (χ3n) is 5.79. The number of nitrogens with two attached hydrogens (primary N) is 4. The van der Waals surface area contributed by atoms with Crippen molar-refractivity contribution in [2.45, 2.75) is 64.2 Å². The van der Waals surface area contributed by atoms with Gasteiger partial charge in [0.1, 0.15) is 0 Å². The molecule has 0 heterocycles. The number of unbranched alkanes of at least 4 members (excludes halogenated alkanes) is 2. The topological polar surface area (TPSA) is 139 Å². The second-order valence-electron chi connectivity index (χ2n) is 7.75. The van der Waals surface area contributed by atoms with Gasteiger partial charge in [-0.05, 0) is 66.5 Å². The Bertz CT molecular complexity index is 719. The second-order valence-corrected chi connectivity index (χ2v) is 7.75. The smallest absolute Gasteiger partial charge is 0.0345 e. The largest absolute Gasteiger partial charge is 0.490 e. The van der Waals surface area contributed by atoms with Crippen molar-refractivity contribution >= 4 is 11.4 Å². The molecule has 0 aliphatic heterocycles. The van der Waals surface area contributed by atoms with E-state index in [1.807, 2.05) is 24.3 Å². The molecule has 30 heavy (non-hydrogen) atoms. The van der Waals surface area contributed by atoms with E-state index in [0.29, 0.717) is 11.8 Å². The van der Waals surface area contributed by atoms with Crippen LogP contribution in [0.3, 0.4) is 0 Å². The van der Waals surface area contributed by atoms with Crippen molar-refractivity contribution in [2.24, 2.45) is 23.4 Å². The Labute approximate surface area is 180 Å². The number of nitrogens with zero attached hydrogens (tertiary/aromatic N) is 4. The van der Waals surface area contributed by atoms with Crippen molar-refractivity contribution in [1.29, 1.82) is 0 Å². The minimum atomic E-state index is 0.516. The summed E-state index contributed by atoms with van der Waals surface area (Å²) in [6.07, 6.45) is 7.19. The average Bonchev–Trinajstić information content (AvgIpc) is 2.80. The maximum Gasteiger partial charge on any atom is 0.0345 e. The molecule has 0 bridgehead atoms. The van der Waals surface area contributed by atoms with Crippen LogP contribution in [0.2, 0.25) is 0 Å². The van der Waals surface area contributed by atoms with Gasteiger partial charge in [0.05, 0.1) is 0 Å². The highest BCUT2D eigenvalue weighted by atomic mass is 15.8. The molecular weight excluding hydrogens is 376 g/mol. The van der Waals surface area contributed by atoms with E-state index in [-0.39, 0.29) is 0 Å². The molecule has 0 aromatic heterocycles. The first-order valence-electron chi connectivity index (χ1n) is 10.6. The van der Waals surface area contributed by atoms with Gasteiger partial charge in [-0.1, -0.05) is 57.4 Å². The van der Waals surface area contributed by atoms with E-state index in [1.54, 1.807) is 0 Å². The zero-order chi connectivity index (χ0) is 21.9. The number of anilines is 2. The molecule has 0 spiro atoms. The molecule has 0 saturated heterocycles. The summed E-state index contributed by atoms with van der Waals surface area (Å²) in [5, 5.41) is 2.35. The minimum Gasteiger partial charge on any atom is -0.490 e. The third kappa shape index (κ3) is 6.94. The number of hydrazine groups is 2. The van der Waals surface area contributed by atoms with E-state index in [1.165, 1.54) is 53.5 Å². The van der Waals surface area contributed by atoms with Crippen molar-refractivity contribution < 1.29 is 0 Å². The number of hydrogen-bond donors (Lipinski definition) is 4. The zero-order valence-electron chi connectivity index (χ0n) is 18.1. The molecule has 2 aromatic rings. The molecule has 2 unspecified atom stereocenters. The summed E-state index contributed by atoms with van der Waals surface area (Å²) >= 11 is 0. The van der Waals surface area contributed by atoms with E-state index >= 15 is 0 Å². The first-order valence-corrected chi connectivity index (χ1v) is 10.6. The second kappa shape index (κ2) is 12.5. The van der Waals surface area contributed by atoms with Crippen LogP contribution in [0.1, 0.15) is 75.3 Å². The third-order valence-corrected chi connectivity index (χ3v) is 5.79. The fourth-order valence-electron chi connectivity index (χ4n) is 3.78. The number of benzene rings is 2. The van der Waals surface area contributed by atoms with Crippen LogP contribution in [0.25, 0.3) is 11.1 Å². The predicted octanol–water partition coefficient (Wildman–Crippen LogP) is 4.62. The standard InChI is InChI=1S/C22H36N8/c1-3-18(20-11-15-22(16-12-20)30(26)28-24)8-6-4-5-7-17(2)19-9-13-21(14-10-19)29(25)27-23/h9-18H,3-8,23-26H2,1-2H3/q-2. The lowest BCUT2D eigenvalue weighted by molar-refractivity contribution is 0.521. The SMILES string of the molecule is CCC(CCCCCC(C)c1ccc(N(N)[N-]N)cc1)c1ccc(N(N)[N-]N)cc1. The van der Waals surface area contributed by atoms with Crippen molar-refractivity contribution in [1.82, 2.24) is 0 Å². The van der Waals surface area contributed by atoms with E-state index in [4.69, 9.17) is 23.4 Å². The lowest BCUT2D eigenvalue weighted by Crippen LogP contribution is -2.28. The first-order chi connectivity index (χ1) is 14.5. The Hall–Kier alpha value is -2.20. The fraction of sp³-hybridized carbons (Fsp3) is 0.455. The monoisotopic (exact) mass is 412 g/mol. The van der Waals surface area contributed by atoms with Gasteiger partial charge >= 0.3 is 0 Å². The van der Waals surface area contributed by atoms with E-state index in [9.17, 15) is 0 Å². The predicted molar refractivity (Wildman–Crippen MR) is 126 cm³/mol. The molecule has 2 aromatic carbocycles. The van der Waals surface area contributed by atoms with Crippen LogP contribution in [0.15, 0.2) is 48.5 Å². The molecule has 166 valence electrons. The zero-order valence-corrected chi connectivity index (χ0v) is 18.1. The highest BCUT2D eigenvalue weighted by Crippen LogP contribution is 2.29. The maximum absolute atomic E-state index is 5.68. The lowest BCUT2D eigenvalue weighted by Gasteiger charge is -2.30. The summed E-state index contributed by atoms with van der Waals surface area (Å²) in [6, 6.07) is 16.3. The van der Waals surface area contributed by atoms with Gasteiger partial charge in [-0.25, -0.2) is 0 Å². The van der Waals surface area contributed by atoms with Gasteiger partial charge in [-0.15, -0.1) is 0 Å².